The molecule has 0 aromatic heterocycles. The SMILES string of the molecule is CC(=O)O.CC(=O)O.CC(=O)O.O=C(O)O.O=C(O)O.[Ca+2].[Ca+2].[H-].[H-].[H-].[H-].[H-].[H-].[Na+].[Na+]. The average molecular weight is 436 g/mol. The Kier molecular flexibility index (Phi) is 116. The van der Waals surface area contributed by atoms with E-state index in [1.807, 2.05) is 0 Å². The molecule has 0 spiro atoms. The van der Waals surface area contributed by atoms with Gasteiger partial charge in [0.1, 0.15) is 0 Å². The number of carbonyl (C=O) groups is 5. The Labute approximate surface area is 250 Å². The quantitative estimate of drug-likeness (QED) is 0.177. The van der Waals surface area contributed by atoms with Gasteiger partial charge in [0, 0.05) is 20.8 Å². The van der Waals surface area contributed by atoms with Gasteiger partial charge in [-0.15, -0.1) is 0 Å². The second kappa shape index (κ2) is 49.7. The summed E-state index contributed by atoms with van der Waals surface area (Å²) < 4.78 is 0. The van der Waals surface area contributed by atoms with Gasteiger partial charge in [0.15, 0.2) is 0 Å². The summed E-state index contributed by atoms with van der Waals surface area (Å²) in [6, 6.07) is 0. The zero-order valence-corrected chi connectivity index (χ0v) is 22.5. The van der Waals surface area contributed by atoms with E-state index in [1.165, 1.54) is 0 Å². The molecule has 132 valence electrons. The van der Waals surface area contributed by atoms with Gasteiger partial charge in [0.2, 0.25) is 0 Å². The predicted molar refractivity (Wildman–Crippen MR) is 79.4 cm³/mol. The number of hydrogen-bond donors (Lipinski definition) is 7. The number of carboxylic acids is 3. The smallest absolute Gasteiger partial charge is 1.00 e. The largest absolute Gasteiger partial charge is 2.00 e. The minimum atomic E-state index is -1.83. The van der Waals surface area contributed by atoms with Gasteiger partial charge >= 0.3 is 147 Å². The van der Waals surface area contributed by atoms with Crippen LogP contribution >= 0.6 is 0 Å². The molecule has 0 aromatic rings. The molecule has 7 N–H and O–H groups in total. The van der Waals surface area contributed by atoms with E-state index in [0.717, 1.165) is 20.8 Å². The summed E-state index contributed by atoms with van der Waals surface area (Å²) in [4.78, 5) is 44.1. The first-order valence-corrected chi connectivity index (χ1v) is 4.09. The molecule has 0 rings (SSSR count). The van der Waals surface area contributed by atoms with Gasteiger partial charge in [-0.25, -0.2) is 9.59 Å². The Morgan fingerprint density at radius 2 is 0.500 bits per heavy atom. The molecule has 0 heterocycles. The van der Waals surface area contributed by atoms with Crippen molar-refractivity contribution < 1.29 is 127 Å². The fourth-order valence-corrected chi connectivity index (χ4v) is 0. The minimum absolute atomic E-state index is 0. The van der Waals surface area contributed by atoms with Crippen molar-refractivity contribution in [2.75, 3.05) is 0 Å². The standard InChI is InChI=1S/3C2H4O2.2CH2O3.2Ca.2Na.6H/c3*1-2(3)4;2*2-1(3)4;;;;;;;;;;/h3*1H3,(H,3,4);2*(H2,2,3,4);;;;;;;;;;/q;;;;;2*+2;2*+1;6*-1. The fraction of sp³-hybridized carbons (Fsp3) is 0.375. The Hall–Kier alpha value is 1.47. The Morgan fingerprint density at radius 1 is 0.500 bits per heavy atom. The molecule has 24 heavy (non-hydrogen) atoms. The number of rotatable bonds is 0. The van der Waals surface area contributed by atoms with Gasteiger partial charge in [0.25, 0.3) is 17.9 Å². The van der Waals surface area contributed by atoms with Crippen LogP contribution in [-0.2, 0) is 14.4 Å². The normalized spacial score (nSPS) is 5.12. The Morgan fingerprint density at radius 3 is 0.500 bits per heavy atom. The maximum absolute atomic E-state index is 9.00. The fourth-order valence-electron chi connectivity index (χ4n) is 0. The molecule has 0 fully saturated rings. The molecule has 12 nitrogen and oxygen atoms in total. The first-order valence-electron chi connectivity index (χ1n) is 4.09. The van der Waals surface area contributed by atoms with E-state index in [4.69, 9.17) is 59.7 Å². The van der Waals surface area contributed by atoms with E-state index in [9.17, 15) is 0 Å². The summed E-state index contributed by atoms with van der Waals surface area (Å²) in [5.74, 6) is -2.50. The molecular formula is C8H22Ca2Na2O12. The summed E-state index contributed by atoms with van der Waals surface area (Å²) in [5, 5.41) is 50.1. The van der Waals surface area contributed by atoms with E-state index in [-0.39, 0.29) is 143 Å². The maximum Gasteiger partial charge on any atom is 2.00 e. The van der Waals surface area contributed by atoms with Gasteiger partial charge in [-0.2, -0.15) is 0 Å². The molecule has 0 aromatic carbocycles. The number of carboxylic acid groups (broad SMARTS) is 7. The van der Waals surface area contributed by atoms with Gasteiger partial charge in [-0.3, -0.25) is 14.4 Å². The van der Waals surface area contributed by atoms with E-state index < -0.39 is 30.2 Å². The molecule has 0 aliphatic carbocycles. The van der Waals surface area contributed by atoms with Gasteiger partial charge in [-0.05, 0) is 0 Å². The van der Waals surface area contributed by atoms with Crippen LogP contribution in [0.1, 0.15) is 29.3 Å². The molecule has 16 heteroatoms. The molecule has 0 saturated heterocycles. The van der Waals surface area contributed by atoms with Crippen LogP contribution in [0.25, 0.3) is 0 Å². The van der Waals surface area contributed by atoms with Crippen LogP contribution < -0.4 is 59.1 Å². The molecule has 0 unspecified atom stereocenters. The van der Waals surface area contributed by atoms with E-state index in [2.05, 4.69) is 0 Å². The Bertz CT molecular complexity index is 245. The maximum atomic E-state index is 9.00. The van der Waals surface area contributed by atoms with Crippen molar-refractivity contribution in [2.45, 2.75) is 20.8 Å². The van der Waals surface area contributed by atoms with Gasteiger partial charge in [-0.1, -0.05) is 0 Å². The van der Waals surface area contributed by atoms with Crippen LogP contribution in [0.4, 0.5) is 9.59 Å². The van der Waals surface area contributed by atoms with Crippen LogP contribution in [0.3, 0.4) is 0 Å². The molecule has 0 atom stereocenters. The van der Waals surface area contributed by atoms with Crippen molar-refractivity contribution in [3.63, 3.8) is 0 Å². The topological polar surface area (TPSA) is 227 Å². The molecule has 0 aliphatic rings. The minimum Gasteiger partial charge on any atom is -1.00 e. The van der Waals surface area contributed by atoms with Gasteiger partial charge < -0.3 is 44.3 Å². The van der Waals surface area contributed by atoms with E-state index in [0.29, 0.717) is 0 Å². The second-order valence-corrected chi connectivity index (χ2v) is 2.12. The van der Waals surface area contributed by atoms with E-state index >= 15 is 0 Å². The third-order valence-electron chi connectivity index (χ3n) is 0. The summed E-state index contributed by atoms with van der Waals surface area (Å²) in [6.45, 7) is 3.25. The van der Waals surface area contributed by atoms with Crippen molar-refractivity contribution >= 4 is 106 Å². The molecule has 0 bridgehead atoms. The third-order valence-corrected chi connectivity index (χ3v) is 0. The van der Waals surface area contributed by atoms with Crippen LogP contribution in [-0.4, -0.2) is 141 Å². The summed E-state index contributed by atoms with van der Waals surface area (Å²) >= 11 is 0. The number of hydrogen-bond acceptors (Lipinski definition) is 5. The third kappa shape index (κ3) is 5490. The first kappa shape index (κ1) is 56.2. The van der Waals surface area contributed by atoms with Crippen LogP contribution in [0.5, 0.6) is 0 Å². The first-order chi connectivity index (χ1) is 8.66. The summed E-state index contributed by atoms with van der Waals surface area (Å²) in [7, 11) is 0. The predicted octanol–water partition coefficient (Wildman–Crippen LogP) is -5.36. The second-order valence-electron chi connectivity index (χ2n) is 2.12. The Balaban J connectivity index is -0.00000000666. The molecule has 0 saturated carbocycles. The van der Waals surface area contributed by atoms with Crippen molar-refractivity contribution in [3.8, 4) is 0 Å². The summed E-state index contributed by atoms with van der Waals surface area (Å²) in [6.07, 6.45) is -3.67. The zero-order chi connectivity index (χ0) is 17.9. The van der Waals surface area contributed by atoms with Crippen LogP contribution in [0, 0.1) is 0 Å². The summed E-state index contributed by atoms with van der Waals surface area (Å²) in [5.41, 5.74) is 0. The number of aliphatic carboxylic acids is 3. The molecule has 0 radical (unpaired) electrons. The molecular weight excluding hydrogens is 414 g/mol. The molecule has 0 aliphatic heterocycles. The van der Waals surface area contributed by atoms with Crippen molar-refractivity contribution in [3.05, 3.63) is 0 Å². The van der Waals surface area contributed by atoms with Crippen LogP contribution in [0.2, 0.25) is 0 Å². The van der Waals surface area contributed by atoms with Crippen molar-refractivity contribution in [2.24, 2.45) is 0 Å². The zero-order valence-electron chi connectivity index (χ0n) is 20.1. The monoisotopic (exact) mass is 436 g/mol. The van der Waals surface area contributed by atoms with Crippen molar-refractivity contribution in [1.29, 1.82) is 0 Å². The molecule has 0 amide bonds. The van der Waals surface area contributed by atoms with Crippen molar-refractivity contribution in [1.82, 2.24) is 0 Å². The van der Waals surface area contributed by atoms with Crippen LogP contribution in [0.15, 0.2) is 0 Å². The van der Waals surface area contributed by atoms with E-state index in [1.54, 1.807) is 0 Å². The van der Waals surface area contributed by atoms with Gasteiger partial charge in [0.05, 0.1) is 0 Å². The average Bonchev–Trinajstić information content (AvgIpc) is 1.94.